The van der Waals surface area contributed by atoms with Gasteiger partial charge in [-0.15, -0.1) is 10.2 Å². The van der Waals surface area contributed by atoms with Crippen LogP contribution in [0.1, 0.15) is 53.6 Å². The van der Waals surface area contributed by atoms with Crippen molar-refractivity contribution in [1.82, 2.24) is 39.2 Å². The zero-order chi connectivity index (χ0) is 30.2. The highest BCUT2D eigenvalue weighted by Crippen LogP contribution is 2.14. The van der Waals surface area contributed by atoms with Gasteiger partial charge in [0.15, 0.2) is 11.6 Å². The van der Waals surface area contributed by atoms with E-state index in [9.17, 15) is 0 Å². The molecule has 10 nitrogen and oxygen atoms in total. The van der Waals surface area contributed by atoms with E-state index in [-0.39, 0.29) is 0 Å². The van der Waals surface area contributed by atoms with Gasteiger partial charge in [-0.1, -0.05) is 74.0 Å². The summed E-state index contributed by atoms with van der Waals surface area (Å²) in [7, 11) is 0. The first-order valence-electron chi connectivity index (χ1n) is 15.0. The van der Waals surface area contributed by atoms with Crippen molar-refractivity contribution in [2.45, 2.75) is 60.3 Å². The van der Waals surface area contributed by atoms with Crippen LogP contribution in [0.2, 0.25) is 0 Å². The Morgan fingerprint density at radius 3 is 1.60 bits per heavy atom. The van der Waals surface area contributed by atoms with Crippen LogP contribution < -0.4 is 10.6 Å². The zero-order valence-corrected chi connectivity index (χ0v) is 25.7. The van der Waals surface area contributed by atoms with E-state index in [1.807, 2.05) is 45.9 Å². The number of hydrogen-bond donors (Lipinski definition) is 2. The van der Waals surface area contributed by atoms with Crippen molar-refractivity contribution in [2.75, 3.05) is 23.7 Å². The van der Waals surface area contributed by atoms with Gasteiger partial charge in [0.05, 0.1) is 0 Å². The summed E-state index contributed by atoms with van der Waals surface area (Å²) < 4.78 is 3.58. The van der Waals surface area contributed by atoms with Crippen LogP contribution in [0, 0.1) is 20.8 Å². The molecule has 0 aliphatic heterocycles. The number of anilines is 2. The lowest BCUT2D eigenvalue weighted by Crippen LogP contribution is -2.10. The monoisotopic (exact) mass is 576 g/mol. The number of aromatic nitrogens is 8. The largest absolute Gasteiger partial charge is 0.370 e. The lowest BCUT2D eigenvalue weighted by molar-refractivity contribution is 0.867. The molecule has 4 aromatic heterocycles. The quantitative estimate of drug-likeness (QED) is 0.217. The summed E-state index contributed by atoms with van der Waals surface area (Å²) in [5.74, 6) is 4.85. The minimum Gasteiger partial charge on any atom is -0.370 e. The van der Waals surface area contributed by atoms with Crippen molar-refractivity contribution < 1.29 is 0 Å². The molecule has 4 heterocycles. The first-order chi connectivity index (χ1) is 20.9. The molecule has 222 valence electrons. The van der Waals surface area contributed by atoms with E-state index in [1.165, 1.54) is 16.7 Å². The molecular formula is C33H40N10. The van der Waals surface area contributed by atoms with Crippen LogP contribution in [0.5, 0.6) is 0 Å². The molecule has 0 radical (unpaired) electrons. The Bertz CT molecular complexity index is 1790. The highest BCUT2D eigenvalue weighted by Gasteiger charge is 2.10. The summed E-state index contributed by atoms with van der Waals surface area (Å²) in [4.78, 5) is 17.7. The van der Waals surface area contributed by atoms with Crippen molar-refractivity contribution in [2.24, 2.45) is 0 Å². The number of aryl methyl sites for hydroxylation is 5. The molecular weight excluding hydrogens is 536 g/mol. The summed E-state index contributed by atoms with van der Waals surface area (Å²) >= 11 is 0. The maximum Gasteiger partial charge on any atom is 0.254 e. The number of hydrogen-bond acceptors (Lipinski definition) is 8. The number of rotatable bonds is 10. The Hall–Kier alpha value is -4.86. The van der Waals surface area contributed by atoms with Crippen molar-refractivity contribution in [3.8, 4) is 0 Å². The smallest absolute Gasteiger partial charge is 0.254 e. The van der Waals surface area contributed by atoms with E-state index in [0.717, 1.165) is 73.4 Å². The fourth-order valence-electron chi connectivity index (χ4n) is 4.79. The Morgan fingerprint density at radius 1 is 0.581 bits per heavy atom. The van der Waals surface area contributed by atoms with Crippen molar-refractivity contribution in [3.63, 3.8) is 0 Å². The predicted molar refractivity (Wildman–Crippen MR) is 172 cm³/mol. The molecule has 0 saturated heterocycles. The molecule has 0 saturated carbocycles. The lowest BCUT2D eigenvalue weighted by Gasteiger charge is -2.09. The number of nitrogens with zero attached hydrogens (tertiary/aromatic N) is 8. The Kier molecular flexibility index (Phi) is 9.56. The van der Waals surface area contributed by atoms with Crippen molar-refractivity contribution in [3.05, 3.63) is 106 Å². The third kappa shape index (κ3) is 7.71. The van der Waals surface area contributed by atoms with Crippen LogP contribution in [0.4, 0.5) is 11.6 Å². The molecule has 0 bridgehead atoms. The molecule has 2 aromatic carbocycles. The number of benzene rings is 2. The zero-order valence-electron chi connectivity index (χ0n) is 25.7. The summed E-state index contributed by atoms with van der Waals surface area (Å²) in [5, 5.41) is 15.9. The second kappa shape index (κ2) is 13.9. The standard InChI is InChI=1S/C17H21N5.C16H19N5/c1-4-15-20-17-19-13(3)11-16(22(17)21-15)18-9-8-14-7-5-6-12(2)10-14;1-3-14-19-16-18-12(2)11-15(21(16)20-14)17-10-9-13-7-5-4-6-8-13/h5-7,10-11,18H,4,8-9H2,1-3H3;4-8,11,17H,3,9-10H2,1-2H3. The minimum atomic E-state index is 0.661. The highest BCUT2D eigenvalue weighted by molar-refractivity contribution is 5.46. The fraction of sp³-hybridized carbons (Fsp3) is 0.333. The molecule has 6 aromatic rings. The van der Waals surface area contributed by atoms with Gasteiger partial charge in [-0.25, -0.2) is 9.97 Å². The van der Waals surface area contributed by atoms with Gasteiger partial charge in [0.25, 0.3) is 11.6 Å². The maximum absolute atomic E-state index is 4.49. The molecule has 0 amide bonds. The third-order valence-electron chi connectivity index (χ3n) is 6.97. The summed E-state index contributed by atoms with van der Waals surface area (Å²) in [5.41, 5.74) is 5.84. The summed E-state index contributed by atoms with van der Waals surface area (Å²) in [6, 6.07) is 23.1. The average molecular weight is 577 g/mol. The fourth-order valence-corrected chi connectivity index (χ4v) is 4.79. The van der Waals surface area contributed by atoms with Gasteiger partial charge in [0, 0.05) is 49.5 Å². The van der Waals surface area contributed by atoms with Crippen LogP contribution in [-0.4, -0.2) is 52.3 Å². The van der Waals surface area contributed by atoms with E-state index in [4.69, 9.17) is 0 Å². The predicted octanol–water partition coefficient (Wildman–Crippen LogP) is 5.61. The second-order valence-electron chi connectivity index (χ2n) is 10.6. The Labute approximate surface area is 252 Å². The molecule has 0 unspecified atom stereocenters. The van der Waals surface area contributed by atoms with Gasteiger partial charge >= 0.3 is 0 Å². The van der Waals surface area contributed by atoms with Crippen molar-refractivity contribution in [1.29, 1.82) is 0 Å². The minimum absolute atomic E-state index is 0.661. The molecule has 6 rings (SSSR count). The Morgan fingerprint density at radius 2 is 1.09 bits per heavy atom. The molecule has 0 aliphatic carbocycles. The van der Waals surface area contributed by atoms with E-state index >= 15 is 0 Å². The van der Waals surface area contributed by atoms with E-state index in [0.29, 0.717) is 11.6 Å². The van der Waals surface area contributed by atoms with Crippen LogP contribution in [0.3, 0.4) is 0 Å². The molecule has 10 heteroatoms. The van der Waals surface area contributed by atoms with Gasteiger partial charge < -0.3 is 10.6 Å². The van der Waals surface area contributed by atoms with Crippen molar-refractivity contribution >= 4 is 23.2 Å². The number of fused-ring (bicyclic) bond motifs is 2. The third-order valence-corrected chi connectivity index (χ3v) is 6.97. The highest BCUT2D eigenvalue weighted by atomic mass is 15.4. The van der Waals surface area contributed by atoms with Gasteiger partial charge in [-0.05, 0) is 44.7 Å². The molecule has 2 N–H and O–H groups in total. The van der Waals surface area contributed by atoms with Crippen LogP contribution in [-0.2, 0) is 25.7 Å². The molecule has 0 fully saturated rings. The molecule has 43 heavy (non-hydrogen) atoms. The van der Waals surface area contributed by atoms with Crippen LogP contribution in [0.15, 0.2) is 66.7 Å². The topological polar surface area (TPSA) is 110 Å². The SMILES string of the molecule is CCc1nc2nc(C)cc(NCCc3cccc(C)c3)n2n1.CCc1nc2nc(C)cc(NCCc3ccccc3)n2n1. The van der Waals surface area contributed by atoms with Gasteiger partial charge in [-0.2, -0.15) is 19.0 Å². The molecule has 0 atom stereocenters. The maximum atomic E-state index is 4.49. The van der Waals surface area contributed by atoms with E-state index in [1.54, 1.807) is 9.03 Å². The van der Waals surface area contributed by atoms with Gasteiger partial charge in [0.1, 0.15) is 11.6 Å². The first-order valence-corrected chi connectivity index (χ1v) is 15.0. The first kappa shape index (κ1) is 29.6. The van der Waals surface area contributed by atoms with Crippen LogP contribution >= 0.6 is 0 Å². The van der Waals surface area contributed by atoms with Gasteiger partial charge in [0.2, 0.25) is 0 Å². The summed E-state index contributed by atoms with van der Waals surface area (Å²) in [6.07, 6.45) is 3.57. The second-order valence-corrected chi connectivity index (χ2v) is 10.6. The average Bonchev–Trinajstić information content (AvgIpc) is 3.62. The molecule has 0 spiro atoms. The van der Waals surface area contributed by atoms with E-state index in [2.05, 4.69) is 96.2 Å². The van der Waals surface area contributed by atoms with Crippen LogP contribution in [0.25, 0.3) is 11.6 Å². The van der Waals surface area contributed by atoms with Gasteiger partial charge in [-0.3, -0.25) is 0 Å². The normalized spacial score (nSPS) is 11.0. The number of nitrogens with one attached hydrogen (secondary N) is 2. The van der Waals surface area contributed by atoms with E-state index < -0.39 is 0 Å². The molecule has 0 aliphatic rings. The summed E-state index contributed by atoms with van der Waals surface area (Å²) in [6.45, 7) is 11.9. The lowest BCUT2D eigenvalue weighted by atomic mass is 10.1. The Balaban J connectivity index is 0.000000171.